The molecule has 1 nitrogen and oxygen atoms in total. The predicted molar refractivity (Wildman–Crippen MR) is 70.1 cm³/mol. The monoisotopic (exact) mass is 258 g/mol. The van der Waals surface area contributed by atoms with Crippen molar-refractivity contribution in [2.75, 3.05) is 0 Å². The van der Waals surface area contributed by atoms with Crippen molar-refractivity contribution in [2.45, 2.75) is 51.0 Å². The largest absolute Gasteiger partial charge is 0.387 e. The lowest BCUT2D eigenvalue weighted by Crippen LogP contribution is -2.13. The highest BCUT2D eigenvalue weighted by Gasteiger charge is 2.22. The maximum atomic E-state index is 10.3. The molecule has 1 aromatic heterocycles. The van der Waals surface area contributed by atoms with Crippen molar-refractivity contribution in [3.8, 4) is 0 Å². The third kappa shape index (κ3) is 3.22. The van der Waals surface area contributed by atoms with Crippen LogP contribution in [0.3, 0.4) is 0 Å². The Hall–Kier alpha value is -0.0500. The minimum Gasteiger partial charge on any atom is -0.387 e. The van der Waals surface area contributed by atoms with Gasteiger partial charge < -0.3 is 5.11 Å². The molecule has 1 atom stereocenters. The second kappa shape index (κ2) is 6.04. The van der Waals surface area contributed by atoms with E-state index in [0.29, 0.717) is 5.92 Å². The average molecular weight is 259 g/mol. The van der Waals surface area contributed by atoms with Crippen LogP contribution in [0, 0.1) is 5.92 Å². The number of rotatable bonds is 2. The summed E-state index contributed by atoms with van der Waals surface area (Å²) in [5.74, 6) is 0.440. The Labute approximate surface area is 106 Å². The number of aliphatic hydroxyl groups excluding tert-OH is 1. The molecule has 1 N–H and O–H groups in total. The summed E-state index contributed by atoms with van der Waals surface area (Å²) in [5, 5.41) is 10.3. The minimum atomic E-state index is -0.296. The van der Waals surface area contributed by atoms with Gasteiger partial charge in [-0.25, -0.2) is 0 Å². The summed E-state index contributed by atoms with van der Waals surface area (Å²) in [6.45, 7) is 0. The summed E-state index contributed by atoms with van der Waals surface area (Å²) in [6.07, 6.45) is 8.58. The normalized spacial score (nSPS) is 21.4. The molecule has 1 heterocycles. The lowest BCUT2D eigenvalue weighted by molar-refractivity contribution is 0.0944. The quantitative estimate of drug-likeness (QED) is 0.808. The molecule has 16 heavy (non-hydrogen) atoms. The van der Waals surface area contributed by atoms with Gasteiger partial charge in [-0.1, -0.05) is 43.7 Å². The van der Waals surface area contributed by atoms with Gasteiger partial charge in [0, 0.05) is 4.88 Å². The van der Waals surface area contributed by atoms with E-state index in [1.54, 1.807) is 0 Å². The molecule has 0 radical (unpaired) electrons. The first-order chi connectivity index (χ1) is 7.77. The van der Waals surface area contributed by atoms with E-state index in [-0.39, 0.29) is 6.10 Å². The zero-order valence-electron chi connectivity index (χ0n) is 9.49. The van der Waals surface area contributed by atoms with Crippen molar-refractivity contribution in [3.63, 3.8) is 0 Å². The zero-order valence-corrected chi connectivity index (χ0v) is 11.1. The van der Waals surface area contributed by atoms with Gasteiger partial charge in [-0.2, -0.15) is 0 Å². The van der Waals surface area contributed by atoms with Crippen LogP contribution in [0.5, 0.6) is 0 Å². The van der Waals surface area contributed by atoms with Crippen molar-refractivity contribution < 1.29 is 5.11 Å². The first kappa shape index (κ1) is 12.4. The maximum Gasteiger partial charge on any atom is 0.0932 e. The van der Waals surface area contributed by atoms with Crippen LogP contribution in [0.2, 0.25) is 4.34 Å². The highest BCUT2D eigenvalue weighted by molar-refractivity contribution is 7.16. The van der Waals surface area contributed by atoms with Gasteiger partial charge in [0.25, 0.3) is 0 Å². The van der Waals surface area contributed by atoms with E-state index in [9.17, 15) is 5.11 Å². The SMILES string of the molecule is OC(c1ccc(Cl)s1)C1CCCCCCC1. The van der Waals surface area contributed by atoms with Gasteiger partial charge in [0.15, 0.2) is 0 Å². The minimum absolute atomic E-state index is 0.296. The van der Waals surface area contributed by atoms with E-state index in [4.69, 9.17) is 11.6 Å². The van der Waals surface area contributed by atoms with Gasteiger partial charge in [0.05, 0.1) is 10.4 Å². The summed E-state index contributed by atoms with van der Waals surface area (Å²) in [7, 11) is 0. The molecule has 1 aromatic rings. The van der Waals surface area contributed by atoms with E-state index in [0.717, 1.165) is 22.1 Å². The molecular formula is C13H19ClOS. The van der Waals surface area contributed by atoms with Crippen molar-refractivity contribution in [1.29, 1.82) is 0 Å². The van der Waals surface area contributed by atoms with E-state index in [2.05, 4.69) is 0 Å². The van der Waals surface area contributed by atoms with E-state index < -0.39 is 0 Å². The Morgan fingerprint density at radius 2 is 1.75 bits per heavy atom. The molecule has 2 rings (SSSR count). The molecule has 0 spiro atoms. The summed E-state index contributed by atoms with van der Waals surface area (Å²) in [6, 6.07) is 3.85. The predicted octanol–water partition coefficient (Wildman–Crippen LogP) is 4.80. The lowest BCUT2D eigenvalue weighted by Gasteiger charge is -2.24. The van der Waals surface area contributed by atoms with Crippen LogP contribution in [0.15, 0.2) is 12.1 Å². The van der Waals surface area contributed by atoms with E-state index in [1.165, 1.54) is 43.4 Å². The summed E-state index contributed by atoms with van der Waals surface area (Å²) in [5.41, 5.74) is 0. The smallest absolute Gasteiger partial charge is 0.0932 e. The molecule has 3 heteroatoms. The van der Waals surface area contributed by atoms with Crippen LogP contribution in [0.25, 0.3) is 0 Å². The fraction of sp³-hybridized carbons (Fsp3) is 0.692. The molecule has 1 aliphatic rings. The van der Waals surface area contributed by atoms with Crippen LogP contribution < -0.4 is 0 Å². The second-order valence-electron chi connectivity index (χ2n) is 4.69. The Balaban J connectivity index is 1.98. The Morgan fingerprint density at radius 3 is 2.31 bits per heavy atom. The van der Waals surface area contributed by atoms with Crippen LogP contribution >= 0.6 is 22.9 Å². The van der Waals surface area contributed by atoms with Crippen molar-refractivity contribution >= 4 is 22.9 Å². The average Bonchev–Trinajstić information content (AvgIpc) is 2.63. The Kier molecular flexibility index (Phi) is 4.68. The second-order valence-corrected chi connectivity index (χ2v) is 6.44. The molecule has 0 aromatic carbocycles. The molecule has 1 saturated carbocycles. The van der Waals surface area contributed by atoms with Crippen LogP contribution in [-0.2, 0) is 0 Å². The van der Waals surface area contributed by atoms with Gasteiger partial charge in [-0.3, -0.25) is 0 Å². The summed E-state index contributed by atoms with van der Waals surface area (Å²) < 4.78 is 0.778. The van der Waals surface area contributed by atoms with Crippen LogP contribution in [0.4, 0.5) is 0 Å². The highest BCUT2D eigenvalue weighted by Crippen LogP contribution is 2.36. The fourth-order valence-electron chi connectivity index (χ4n) is 2.52. The zero-order chi connectivity index (χ0) is 11.4. The number of halogens is 1. The highest BCUT2D eigenvalue weighted by atomic mass is 35.5. The van der Waals surface area contributed by atoms with Gasteiger partial charge >= 0.3 is 0 Å². The molecule has 90 valence electrons. The van der Waals surface area contributed by atoms with E-state index >= 15 is 0 Å². The third-order valence-corrected chi connectivity index (χ3v) is 4.78. The Bertz CT molecular complexity index is 315. The molecule has 0 bridgehead atoms. The number of thiophene rings is 1. The molecule has 1 aliphatic carbocycles. The van der Waals surface area contributed by atoms with E-state index in [1.807, 2.05) is 12.1 Å². The van der Waals surface area contributed by atoms with Gasteiger partial charge in [-0.05, 0) is 30.9 Å². The fourth-order valence-corrected chi connectivity index (χ4v) is 3.66. The third-order valence-electron chi connectivity index (χ3n) is 3.48. The standard InChI is InChI=1S/C13H19ClOS/c14-12-9-8-11(16-12)13(15)10-6-4-2-1-3-5-7-10/h8-10,13,15H,1-7H2. The van der Waals surface area contributed by atoms with Crippen molar-refractivity contribution in [1.82, 2.24) is 0 Å². The topological polar surface area (TPSA) is 20.2 Å². The molecule has 0 amide bonds. The van der Waals surface area contributed by atoms with Crippen molar-refractivity contribution in [2.24, 2.45) is 5.92 Å². The van der Waals surface area contributed by atoms with Gasteiger partial charge in [0.2, 0.25) is 0 Å². The maximum absolute atomic E-state index is 10.3. The number of aliphatic hydroxyl groups is 1. The van der Waals surface area contributed by atoms with Crippen LogP contribution in [0.1, 0.15) is 55.9 Å². The first-order valence-corrected chi connectivity index (χ1v) is 7.40. The Morgan fingerprint density at radius 1 is 1.12 bits per heavy atom. The van der Waals surface area contributed by atoms with Gasteiger partial charge in [0.1, 0.15) is 0 Å². The number of hydrogen-bond donors (Lipinski definition) is 1. The first-order valence-electron chi connectivity index (χ1n) is 6.20. The van der Waals surface area contributed by atoms with Crippen molar-refractivity contribution in [3.05, 3.63) is 21.3 Å². The summed E-state index contributed by atoms with van der Waals surface area (Å²) >= 11 is 7.43. The summed E-state index contributed by atoms with van der Waals surface area (Å²) in [4.78, 5) is 1.04. The molecule has 0 saturated heterocycles. The molecule has 1 fully saturated rings. The molecule has 1 unspecified atom stereocenters. The van der Waals surface area contributed by atoms with Crippen LogP contribution in [-0.4, -0.2) is 5.11 Å². The molecule has 0 aliphatic heterocycles. The molecular weight excluding hydrogens is 240 g/mol. The number of hydrogen-bond acceptors (Lipinski definition) is 2. The van der Waals surface area contributed by atoms with Gasteiger partial charge in [-0.15, -0.1) is 11.3 Å². The lowest BCUT2D eigenvalue weighted by atomic mass is 9.87.